The summed E-state index contributed by atoms with van der Waals surface area (Å²) < 4.78 is 19.6. The van der Waals surface area contributed by atoms with Crippen molar-refractivity contribution in [3.8, 4) is 0 Å². The van der Waals surface area contributed by atoms with E-state index in [1.807, 2.05) is 31.3 Å². The van der Waals surface area contributed by atoms with Gasteiger partial charge in [0.15, 0.2) is 6.29 Å². The lowest BCUT2D eigenvalue weighted by molar-refractivity contribution is -0.245. The third-order valence-corrected chi connectivity index (χ3v) is 6.35. The topological polar surface area (TPSA) is 97.3 Å². The zero-order valence-corrected chi connectivity index (χ0v) is 18.5. The Morgan fingerprint density at radius 1 is 1.06 bits per heavy atom. The number of aryl methyl sites for hydroxylation is 1. The summed E-state index contributed by atoms with van der Waals surface area (Å²) in [4.78, 5) is 0. The van der Waals surface area contributed by atoms with E-state index in [0.717, 1.165) is 39.6 Å². The number of nitrogens with two attached hydrogens (primary N) is 1. The Kier molecular flexibility index (Phi) is 7.31. The Morgan fingerprint density at radius 3 is 2.42 bits per heavy atom. The summed E-state index contributed by atoms with van der Waals surface area (Å²) in [6.07, 6.45) is 0.206. The van der Waals surface area contributed by atoms with Crippen LogP contribution in [0.3, 0.4) is 0 Å². The van der Waals surface area contributed by atoms with Crippen LogP contribution < -0.4 is 5.73 Å². The first kappa shape index (κ1) is 21.9. The summed E-state index contributed by atoms with van der Waals surface area (Å²) in [5, 5.41) is 12.4. The van der Waals surface area contributed by atoms with Crippen molar-refractivity contribution in [1.82, 2.24) is 20.2 Å². The first-order chi connectivity index (χ1) is 15.2. The molecule has 2 N–H and O–H groups in total. The maximum absolute atomic E-state index is 6.38. The van der Waals surface area contributed by atoms with E-state index < -0.39 is 6.29 Å². The van der Waals surface area contributed by atoms with Crippen LogP contribution in [-0.4, -0.2) is 39.2 Å². The average molecular weight is 442 g/mol. The van der Waals surface area contributed by atoms with Crippen LogP contribution in [0.2, 0.25) is 0 Å². The Morgan fingerprint density at radius 2 is 1.77 bits per heavy atom. The molecule has 3 atom stereocenters. The van der Waals surface area contributed by atoms with Crippen molar-refractivity contribution in [2.24, 2.45) is 12.8 Å². The second kappa shape index (κ2) is 10.3. The van der Waals surface area contributed by atoms with Gasteiger partial charge in [0.1, 0.15) is 0 Å². The molecule has 2 aromatic carbocycles. The number of tetrazole rings is 1. The van der Waals surface area contributed by atoms with E-state index in [1.165, 1.54) is 0 Å². The van der Waals surface area contributed by atoms with E-state index >= 15 is 0 Å². The normalized spacial score (nSPS) is 21.3. The van der Waals surface area contributed by atoms with Crippen molar-refractivity contribution < 1.29 is 14.2 Å². The number of nitrogens with zero attached hydrogens (tertiary/aromatic N) is 4. The molecule has 0 bridgehead atoms. The third-order valence-electron chi connectivity index (χ3n) is 5.21. The van der Waals surface area contributed by atoms with Gasteiger partial charge < -0.3 is 19.9 Å². The highest BCUT2D eigenvalue weighted by Crippen LogP contribution is 2.39. The summed E-state index contributed by atoms with van der Waals surface area (Å²) in [7, 11) is 3.53. The molecule has 4 rings (SSSR count). The number of aromatic nitrogens is 4. The third kappa shape index (κ3) is 5.50. The fourth-order valence-corrected chi connectivity index (χ4v) is 4.37. The lowest BCUT2D eigenvalue weighted by Crippen LogP contribution is -2.31. The zero-order chi connectivity index (χ0) is 21.6. The molecule has 1 fully saturated rings. The Hall–Kier alpha value is -2.30. The average Bonchev–Trinajstić information content (AvgIpc) is 3.23. The predicted molar refractivity (Wildman–Crippen MR) is 117 cm³/mol. The summed E-state index contributed by atoms with van der Waals surface area (Å²) >= 11 is 1.58. The van der Waals surface area contributed by atoms with Crippen molar-refractivity contribution in [2.75, 3.05) is 12.9 Å². The molecule has 0 saturated carbocycles. The highest BCUT2D eigenvalue weighted by molar-refractivity contribution is 7.99. The number of hydrogen-bond acceptors (Lipinski definition) is 8. The molecule has 164 valence electrons. The minimum Gasteiger partial charge on any atom is -0.380 e. The molecule has 1 saturated heterocycles. The fraction of sp³-hybridized carbons (Fsp3) is 0.409. The van der Waals surface area contributed by atoms with Gasteiger partial charge in [-0.25, -0.2) is 4.68 Å². The number of rotatable bonds is 8. The molecule has 0 radical (unpaired) electrons. The Bertz CT molecular complexity index is 964. The monoisotopic (exact) mass is 441 g/mol. The first-order valence-corrected chi connectivity index (χ1v) is 11.2. The summed E-state index contributed by atoms with van der Waals surface area (Å²) in [6, 6.07) is 16.4. The number of thioether (sulfide) groups is 1. The van der Waals surface area contributed by atoms with Crippen LogP contribution in [0.1, 0.15) is 41.1 Å². The zero-order valence-electron chi connectivity index (χ0n) is 17.7. The van der Waals surface area contributed by atoms with E-state index in [4.69, 9.17) is 19.9 Å². The SMILES string of the molecule is COCc1ccc([C@H]2C[C@@H](CSc3nnnn3C)O[C@@H](c3ccc(CN)cc3)O2)cc1. The van der Waals surface area contributed by atoms with E-state index in [0.29, 0.717) is 13.2 Å². The second-order valence-corrected chi connectivity index (χ2v) is 8.45. The number of ether oxygens (including phenoxy) is 3. The number of hydrogen-bond donors (Lipinski definition) is 1. The lowest BCUT2D eigenvalue weighted by Gasteiger charge is -2.36. The Balaban J connectivity index is 1.52. The van der Waals surface area contributed by atoms with Gasteiger partial charge in [0.2, 0.25) is 5.16 Å². The van der Waals surface area contributed by atoms with Gasteiger partial charge in [-0.1, -0.05) is 60.3 Å². The first-order valence-electron chi connectivity index (χ1n) is 10.2. The molecule has 3 aromatic rings. The van der Waals surface area contributed by atoms with Gasteiger partial charge in [-0.2, -0.15) is 0 Å². The maximum Gasteiger partial charge on any atom is 0.209 e. The van der Waals surface area contributed by atoms with Crippen molar-refractivity contribution in [3.63, 3.8) is 0 Å². The van der Waals surface area contributed by atoms with E-state index in [2.05, 4.69) is 39.8 Å². The van der Waals surface area contributed by atoms with Gasteiger partial charge >= 0.3 is 0 Å². The molecule has 0 spiro atoms. The summed E-state index contributed by atoms with van der Waals surface area (Å²) in [6.45, 7) is 1.10. The van der Waals surface area contributed by atoms with E-state index in [9.17, 15) is 0 Å². The largest absolute Gasteiger partial charge is 0.380 e. The highest BCUT2D eigenvalue weighted by Gasteiger charge is 2.32. The molecule has 31 heavy (non-hydrogen) atoms. The predicted octanol–water partition coefficient (Wildman–Crippen LogP) is 3.15. The van der Waals surface area contributed by atoms with Gasteiger partial charge in [-0.05, 0) is 27.1 Å². The van der Waals surface area contributed by atoms with Crippen molar-refractivity contribution in [1.29, 1.82) is 0 Å². The summed E-state index contributed by atoms with van der Waals surface area (Å²) in [5.74, 6) is 0.729. The van der Waals surface area contributed by atoms with Crippen LogP contribution >= 0.6 is 11.8 Å². The molecule has 0 amide bonds. The molecule has 9 heteroatoms. The molecule has 1 aromatic heterocycles. The van der Waals surface area contributed by atoms with Crippen molar-refractivity contribution >= 4 is 11.8 Å². The highest BCUT2D eigenvalue weighted by atomic mass is 32.2. The van der Waals surface area contributed by atoms with Crippen LogP contribution in [0.5, 0.6) is 0 Å². The second-order valence-electron chi connectivity index (χ2n) is 7.47. The molecule has 1 aliphatic rings. The van der Waals surface area contributed by atoms with E-state index in [1.54, 1.807) is 23.6 Å². The minimum atomic E-state index is -0.451. The quantitative estimate of drug-likeness (QED) is 0.533. The molecule has 2 heterocycles. The smallest absolute Gasteiger partial charge is 0.209 e. The molecular formula is C22H27N5O3S. The van der Waals surface area contributed by atoms with Crippen molar-refractivity contribution in [3.05, 3.63) is 70.8 Å². The maximum atomic E-state index is 6.38. The molecular weight excluding hydrogens is 414 g/mol. The van der Waals surface area contributed by atoms with Crippen LogP contribution in [0, 0.1) is 0 Å². The van der Waals surface area contributed by atoms with Gasteiger partial charge in [0.25, 0.3) is 0 Å². The van der Waals surface area contributed by atoms with Gasteiger partial charge in [0.05, 0.1) is 18.8 Å². The standard InChI is InChI=1S/C22H27N5O3S/c1-27-22(24-25-26-27)31-14-19-11-20(17-7-5-16(6-8-17)13-28-2)30-21(29-19)18-9-3-15(12-23)4-10-18/h3-10,19-21H,11-14,23H2,1-2H3/t19-,20+,21+/m0/s1. The summed E-state index contributed by atoms with van der Waals surface area (Å²) in [5.41, 5.74) is 10.1. The van der Waals surface area contributed by atoms with Gasteiger partial charge in [-0.3, -0.25) is 0 Å². The number of benzene rings is 2. The van der Waals surface area contributed by atoms with Gasteiger partial charge in [0, 0.05) is 38.4 Å². The molecule has 0 aliphatic carbocycles. The molecule has 8 nitrogen and oxygen atoms in total. The minimum absolute atomic E-state index is 0.0155. The molecule has 1 aliphatic heterocycles. The van der Waals surface area contributed by atoms with Crippen LogP contribution in [0.4, 0.5) is 0 Å². The Labute approximate surface area is 186 Å². The van der Waals surface area contributed by atoms with E-state index in [-0.39, 0.29) is 12.2 Å². The van der Waals surface area contributed by atoms with Crippen LogP contribution in [-0.2, 0) is 34.4 Å². The lowest BCUT2D eigenvalue weighted by atomic mass is 10.0. The van der Waals surface area contributed by atoms with Crippen molar-refractivity contribution in [2.45, 2.75) is 43.2 Å². The fourth-order valence-electron chi connectivity index (χ4n) is 3.50. The molecule has 0 unspecified atom stereocenters. The number of methoxy groups -OCH3 is 1. The van der Waals surface area contributed by atoms with Crippen LogP contribution in [0.25, 0.3) is 0 Å². The van der Waals surface area contributed by atoms with Gasteiger partial charge in [-0.15, -0.1) is 5.10 Å². The van der Waals surface area contributed by atoms with Crippen LogP contribution in [0.15, 0.2) is 53.7 Å².